The summed E-state index contributed by atoms with van der Waals surface area (Å²) in [5.74, 6) is 0.409. The maximum atomic E-state index is 12.3. The molecule has 1 atom stereocenters. The fraction of sp³-hybridized carbons (Fsp3) is 0.263. The minimum atomic E-state index is -0.135. The van der Waals surface area contributed by atoms with Crippen molar-refractivity contribution in [1.29, 1.82) is 0 Å². The van der Waals surface area contributed by atoms with Crippen LogP contribution in [0.15, 0.2) is 51.8 Å². The molecule has 0 aliphatic carbocycles. The Morgan fingerprint density at radius 1 is 1.17 bits per heavy atom. The van der Waals surface area contributed by atoms with Gasteiger partial charge in [-0.1, -0.05) is 18.2 Å². The molecule has 4 rings (SSSR count). The average molecular weight is 339 g/mol. The van der Waals surface area contributed by atoms with E-state index in [0.29, 0.717) is 18.7 Å². The molecule has 1 aliphatic rings. The number of piperidine rings is 1. The van der Waals surface area contributed by atoms with Gasteiger partial charge in [-0.15, -0.1) is 11.8 Å². The van der Waals surface area contributed by atoms with E-state index < -0.39 is 0 Å². The third-order valence-electron chi connectivity index (χ3n) is 4.43. The molecule has 0 bridgehead atoms. The predicted molar refractivity (Wildman–Crippen MR) is 95.2 cm³/mol. The van der Waals surface area contributed by atoms with Gasteiger partial charge in [-0.25, -0.2) is 0 Å². The molecule has 1 aliphatic heterocycles. The number of thioether (sulfide) groups is 1. The Bertz CT molecular complexity index is 931. The van der Waals surface area contributed by atoms with E-state index in [4.69, 9.17) is 4.42 Å². The van der Waals surface area contributed by atoms with Gasteiger partial charge in [-0.2, -0.15) is 0 Å². The van der Waals surface area contributed by atoms with E-state index in [1.54, 1.807) is 0 Å². The lowest BCUT2D eigenvalue weighted by molar-refractivity contribution is -0.129. The molecular weight excluding hydrogens is 322 g/mol. The summed E-state index contributed by atoms with van der Waals surface area (Å²) >= 11 is 1.53. The highest BCUT2D eigenvalue weighted by atomic mass is 32.2. The second-order valence-electron chi connectivity index (χ2n) is 6.05. The molecule has 2 aromatic carbocycles. The smallest absolute Gasteiger partial charge is 0.220 e. The van der Waals surface area contributed by atoms with Gasteiger partial charge in [0, 0.05) is 34.6 Å². The van der Waals surface area contributed by atoms with Crippen LogP contribution < -0.4 is 5.32 Å². The van der Waals surface area contributed by atoms with E-state index in [9.17, 15) is 9.59 Å². The zero-order valence-corrected chi connectivity index (χ0v) is 13.9. The number of nitrogens with one attached hydrogen (secondary N) is 1. The summed E-state index contributed by atoms with van der Waals surface area (Å²) < 4.78 is 5.82. The standard InChI is InChI=1S/C19H17NO3S/c21-16(12-7-8-20-19(22)9-12)11-24-13-5-6-18-15(10-13)14-3-1-2-4-17(14)23-18/h1-6,10,12H,7-9,11H2,(H,20,22). The second-order valence-corrected chi connectivity index (χ2v) is 7.10. The lowest BCUT2D eigenvalue weighted by Gasteiger charge is -2.20. The first-order valence-corrected chi connectivity index (χ1v) is 9.03. The second kappa shape index (κ2) is 6.32. The summed E-state index contributed by atoms with van der Waals surface area (Å²) in [7, 11) is 0. The number of ketones is 1. The van der Waals surface area contributed by atoms with Crippen molar-refractivity contribution in [2.75, 3.05) is 12.3 Å². The van der Waals surface area contributed by atoms with E-state index >= 15 is 0 Å². The highest BCUT2D eigenvalue weighted by Crippen LogP contribution is 2.32. The summed E-state index contributed by atoms with van der Waals surface area (Å²) in [5.41, 5.74) is 1.73. The van der Waals surface area contributed by atoms with Crippen LogP contribution in [0.3, 0.4) is 0 Å². The van der Waals surface area contributed by atoms with Crippen molar-refractivity contribution in [3.05, 3.63) is 42.5 Å². The Morgan fingerprint density at radius 3 is 2.88 bits per heavy atom. The van der Waals surface area contributed by atoms with Gasteiger partial charge in [0.1, 0.15) is 16.9 Å². The maximum absolute atomic E-state index is 12.3. The molecular formula is C19H17NO3S. The number of carbonyl (C=O) groups is 2. The summed E-state index contributed by atoms with van der Waals surface area (Å²) in [6.07, 6.45) is 1.07. The molecule has 0 spiro atoms. The van der Waals surface area contributed by atoms with Crippen LogP contribution in [0.25, 0.3) is 21.9 Å². The quantitative estimate of drug-likeness (QED) is 0.735. The van der Waals surface area contributed by atoms with Gasteiger partial charge in [0.15, 0.2) is 0 Å². The van der Waals surface area contributed by atoms with Gasteiger partial charge in [0.2, 0.25) is 5.91 Å². The zero-order chi connectivity index (χ0) is 16.5. The molecule has 1 unspecified atom stereocenters. The Kier molecular flexibility index (Phi) is 4.02. The van der Waals surface area contributed by atoms with Gasteiger partial charge in [0.05, 0.1) is 5.75 Å². The van der Waals surface area contributed by atoms with Crippen LogP contribution in [0, 0.1) is 5.92 Å². The molecule has 3 aromatic rings. The van der Waals surface area contributed by atoms with Crippen molar-refractivity contribution in [2.24, 2.45) is 5.92 Å². The molecule has 5 heteroatoms. The van der Waals surface area contributed by atoms with E-state index in [1.807, 2.05) is 36.4 Å². The Labute approximate surface area is 143 Å². The number of amides is 1. The summed E-state index contributed by atoms with van der Waals surface area (Å²) in [4.78, 5) is 24.8. The summed E-state index contributed by atoms with van der Waals surface area (Å²) in [6.45, 7) is 0.604. The van der Waals surface area contributed by atoms with Crippen molar-refractivity contribution in [3.63, 3.8) is 0 Å². The number of Topliss-reactive ketones (excluding diaryl/α,β-unsaturated/α-hetero) is 1. The highest BCUT2D eigenvalue weighted by molar-refractivity contribution is 8.00. The highest BCUT2D eigenvalue weighted by Gasteiger charge is 2.25. The number of hydrogen-bond donors (Lipinski definition) is 1. The van der Waals surface area contributed by atoms with Crippen molar-refractivity contribution in [1.82, 2.24) is 5.32 Å². The van der Waals surface area contributed by atoms with Crippen LogP contribution >= 0.6 is 11.8 Å². The zero-order valence-electron chi connectivity index (χ0n) is 13.1. The van der Waals surface area contributed by atoms with Crippen molar-refractivity contribution in [3.8, 4) is 0 Å². The molecule has 4 nitrogen and oxygen atoms in total. The SMILES string of the molecule is O=C1CC(C(=O)CSc2ccc3oc4ccccc4c3c2)CCN1. The minimum Gasteiger partial charge on any atom is -0.456 e. The normalized spacial score (nSPS) is 18.0. The molecule has 122 valence electrons. The van der Waals surface area contributed by atoms with Gasteiger partial charge in [0.25, 0.3) is 0 Å². The molecule has 0 radical (unpaired) electrons. The Balaban J connectivity index is 1.51. The fourth-order valence-corrected chi connectivity index (χ4v) is 4.04. The van der Waals surface area contributed by atoms with Crippen LogP contribution in [-0.4, -0.2) is 24.0 Å². The molecule has 1 saturated heterocycles. The molecule has 1 amide bonds. The first-order chi connectivity index (χ1) is 11.7. The molecule has 1 fully saturated rings. The van der Waals surface area contributed by atoms with Crippen molar-refractivity contribution >= 4 is 45.4 Å². The van der Waals surface area contributed by atoms with Gasteiger partial charge >= 0.3 is 0 Å². The molecule has 24 heavy (non-hydrogen) atoms. The van der Waals surface area contributed by atoms with Gasteiger partial charge < -0.3 is 9.73 Å². The van der Waals surface area contributed by atoms with Crippen LogP contribution in [0.1, 0.15) is 12.8 Å². The number of carbonyl (C=O) groups excluding carboxylic acids is 2. The average Bonchev–Trinajstić information content (AvgIpc) is 2.97. The number of furan rings is 1. The van der Waals surface area contributed by atoms with Crippen LogP contribution in [0.4, 0.5) is 0 Å². The first-order valence-electron chi connectivity index (χ1n) is 8.04. The third kappa shape index (κ3) is 2.91. The van der Waals surface area contributed by atoms with Gasteiger partial charge in [-0.05, 0) is 30.7 Å². The molecule has 0 saturated carbocycles. The first kappa shape index (κ1) is 15.3. The largest absolute Gasteiger partial charge is 0.456 e. The van der Waals surface area contributed by atoms with E-state index in [-0.39, 0.29) is 17.6 Å². The summed E-state index contributed by atoms with van der Waals surface area (Å²) in [5, 5.41) is 4.92. The molecule has 1 aromatic heterocycles. The predicted octanol–water partition coefficient (Wildman–Crippen LogP) is 3.77. The maximum Gasteiger partial charge on any atom is 0.220 e. The van der Waals surface area contributed by atoms with Crippen LogP contribution in [0.5, 0.6) is 0 Å². The number of para-hydroxylation sites is 1. The lowest BCUT2D eigenvalue weighted by Crippen LogP contribution is -2.37. The number of rotatable bonds is 4. The van der Waals surface area contributed by atoms with E-state index in [0.717, 1.165) is 33.3 Å². The Morgan fingerprint density at radius 2 is 2.00 bits per heavy atom. The van der Waals surface area contributed by atoms with Crippen molar-refractivity contribution < 1.29 is 14.0 Å². The van der Waals surface area contributed by atoms with E-state index in [2.05, 4.69) is 11.4 Å². The number of benzene rings is 2. The molecule has 2 heterocycles. The number of hydrogen-bond acceptors (Lipinski definition) is 4. The minimum absolute atomic E-state index is 0.0177. The van der Waals surface area contributed by atoms with Crippen LogP contribution in [0.2, 0.25) is 0 Å². The number of fused-ring (bicyclic) bond motifs is 3. The lowest BCUT2D eigenvalue weighted by atomic mass is 9.94. The fourth-order valence-electron chi connectivity index (χ4n) is 3.13. The third-order valence-corrected chi connectivity index (χ3v) is 5.45. The van der Waals surface area contributed by atoms with E-state index in [1.165, 1.54) is 11.8 Å². The monoisotopic (exact) mass is 339 g/mol. The van der Waals surface area contributed by atoms with Crippen molar-refractivity contribution in [2.45, 2.75) is 17.7 Å². The Hall–Kier alpha value is -2.27. The van der Waals surface area contributed by atoms with Gasteiger partial charge in [-0.3, -0.25) is 9.59 Å². The summed E-state index contributed by atoms with van der Waals surface area (Å²) in [6, 6.07) is 14.0. The topological polar surface area (TPSA) is 59.3 Å². The van der Waals surface area contributed by atoms with Crippen LogP contribution in [-0.2, 0) is 9.59 Å². The molecule has 1 N–H and O–H groups in total.